The molecule has 0 unspecified atom stereocenters. The van der Waals surface area contributed by atoms with Crippen LogP contribution in [0.5, 0.6) is 11.5 Å². The molecule has 0 aliphatic heterocycles. The smallest absolute Gasteiger partial charge is 0.343 e. The van der Waals surface area contributed by atoms with Crippen molar-refractivity contribution in [1.29, 1.82) is 0 Å². The predicted molar refractivity (Wildman–Crippen MR) is 111 cm³/mol. The number of hydrogen-bond acceptors (Lipinski definition) is 4. The number of aryl methyl sites for hydroxylation is 1. The van der Waals surface area contributed by atoms with Crippen LogP contribution < -0.4 is 9.47 Å². The number of hydrogen-bond donors (Lipinski definition) is 0. The normalized spacial score (nSPS) is 10.5. The van der Waals surface area contributed by atoms with Crippen molar-refractivity contribution in [2.45, 2.75) is 6.92 Å². The van der Waals surface area contributed by atoms with Crippen LogP contribution in [0.1, 0.15) is 26.3 Å². The Hall–Kier alpha value is -3.92. The molecule has 0 bridgehead atoms. The number of carbonyl (C=O) groups is 2. The lowest BCUT2D eigenvalue weighted by Gasteiger charge is -2.12. The van der Waals surface area contributed by atoms with E-state index in [-0.39, 0.29) is 0 Å². The largest absolute Gasteiger partial charge is 0.422 e. The van der Waals surface area contributed by atoms with Gasteiger partial charge in [0, 0.05) is 0 Å². The Morgan fingerprint density at radius 2 is 1.10 bits per heavy atom. The Morgan fingerprint density at radius 3 is 1.66 bits per heavy atom. The van der Waals surface area contributed by atoms with Gasteiger partial charge in [-0.1, -0.05) is 60.2 Å². The van der Waals surface area contributed by atoms with Gasteiger partial charge in [-0.05, 0) is 48.7 Å². The van der Waals surface area contributed by atoms with Gasteiger partial charge >= 0.3 is 11.9 Å². The fraction of sp³-hybridized carbons (Fsp3) is 0.0400. The molecule has 4 aromatic rings. The first kappa shape index (κ1) is 18.4. The summed E-state index contributed by atoms with van der Waals surface area (Å²) in [6.45, 7) is 1.95. The van der Waals surface area contributed by atoms with Crippen LogP contribution in [-0.4, -0.2) is 11.9 Å². The first-order chi connectivity index (χ1) is 14.1. The van der Waals surface area contributed by atoms with Gasteiger partial charge in [-0.3, -0.25) is 0 Å². The molecule has 0 saturated heterocycles. The van der Waals surface area contributed by atoms with Crippen molar-refractivity contribution in [3.05, 3.63) is 108 Å². The monoisotopic (exact) mass is 382 g/mol. The minimum Gasteiger partial charge on any atom is -0.422 e. The van der Waals surface area contributed by atoms with Gasteiger partial charge in [0.05, 0.1) is 16.5 Å². The molecule has 4 nitrogen and oxygen atoms in total. The molecule has 0 spiro atoms. The number of ether oxygens (including phenoxy) is 2. The van der Waals surface area contributed by atoms with Crippen molar-refractivity contribution in [2.75, 3.05) is 0 Å². The van der Waals surface area contributed by atoms with Crippen LogP contribution in [0.15, 0.2) is 91.0 Å². The maximum absolute atomic E-state index is 12.6. The molecule has 0 saturated carbocycles. The molecule has 0 atom stereocenters. The quantitative estimate of drug-likeness (QED) is 0.341. The average molecular weight is 382 g/mol. The average Bonchev–Trinajstić information content (AvgIpc) is 2.75. The van der Waals surface area contributed by atoms with Crippen LogP contribution in [0.3, 0.4) is 0 Å². The van der Waals surface area contributed by atoms with Crippen molar-refractivity contribution in [1.82, 2.24) is 0 Å². The van der Waals surface area contributed by atoms with E-state index < -0.39 is 11.9 Å². The molecule has 0 fully saturated rings. The van der Waals surface area contributed by atoms with Gasteiger partial charge in [-0.25, -0.2) is 9.59 Å². The molecule has 0 N–H and O–H groups in total. The maximum Gasteiger partial charge on any atom is 0.343 e. The van der Waals surface area contributed by atoms with Gasteiger partial charge in [0.2, 0.25) is 0 Å². The highest BCUT2D eigenvalue weighted by Crippen LogP contribution is 2.35. The summed E-state index contributed by atoms with van der Waals surface area (Å²) >= 11 is 0. The molecule has 29 heavy (non-hydrogen) atoms. The topological polar surface area (TPSA) is 52.6 Å². The van der Waals surface area contributed by atoms with E-state index in [4.69, 9.17) is 9.47 Å². The summed E-state index contributed by atoms with van der Waals surface area (Å²) in [7, 11) is 0. The SMILES string of the molecule is Cc1ccc(C(=O)Oc2cccc3cccc(OC(=O)c4ccccc4)c23)cc1. The zero-order valence-corrected chi connectivity index (χ0v) is 15.8. The van der Waals surface area contributed by atoms with Crippen LogP contribution in [0.4, 0.5) is 0 Å². The fourth-order valence-corrected chi connectivity index (χ4v) is 3.02. The van der Waals surface area contributed by atoms with E-state index in [1.807, 2.05) is 37.3 Å². The number of rotatable bonds is 4. The third-order valence-corrected chi connectivity index (χ3v) is 4.53. The summed E-state index contributed by atoms with van der Waals surface area (Å²) in [5, 5.41) is 1.37. The summed E-state index contributed by atoms with van der Waals surface area (Å²) < 4.78 is 11.3. The van der Waals surface area contributed by atoms with E-state index >= 15 is 0 Å². The lowest BCUT2D eigenvalue weighted by molar-refractivity contribution is 0.0736. The molecule has 142 valence electrons. The number of carbonyl (C=O) groups excluding carboxylic acids is 2. The predicted octanol–water partition coefficient (Wildman–Crippen LogP) is 5.59. The fourth-order valence-electron chi connectivity index (χ4n) is 3.02. The first-order valence-electron chi connectivity index (χ1n) is 9.19. The van der Waals surface area contributed by atoms with Gasteiger partial charge in [0.1, 0.15) is 11.5 Å². The van der Waals surface area contributed by atoms with E-state index in [9.17, 15) is 9.59 Å². The van der Waals surface area contributed by atoms with E-state index in [0.717, 1.165) is 10.9 Å². The van der Waals surface area contributed by atoms with Gasteiger partial charge in [0.25, 0.3) is 0 Å². The second kappa shape index (κ2) is 7.98. The van der Waals surface area contributed by atoms with Gasteiger partial charge < -0.3 is 9.47 Å². The molecule has 4 heteroatoms. The minimum atomic E-state index is -0.474. The first-order valence-corrected chi connectivity index (χ1v) is 9.19. The third-order valence-electron chi connectivity index (χ3n) is 4.53. The van der Waals surface area contributed by atoms with Crippen molar-refractivity contribution < 1.29 is 19.1 Å². The van der Waals surface area contributed by atoms with E-state index in [1.165, 1.54) is 0 Å². The van der Waals surface area contributed by atoms with Gasteiger partial charge in [-0.2, -0.15) is 0 Å². The van der Waals surface area contributed by atoms with Crippen LogP contribution >= 0.6 is 0 Å². The van der Waals surface area contributed by atoms with Gasteiger partial charge in [-0.15, -0.1) is 0 Å². The molecule has 0 aliphatic carbocycles. The van der Waals surface area contributed by atoms with E-state index in [1.54, 1.807) is 60.7 Å². The lowest BCUT2D eigenvalue weighted by atomic mass is 10.1. The summed E-state index contributed by atoms with van der Waals surface area (Å²) in [6, 6.07) is 26.6. The maximum atomic E-state index is 12.6. The Kier molecular flexibility index (Phi) is 5.08. The Labute approximate surface area is 168 Å². The standard InChI is InChI=1S/C25H18O4/c1-17-13-15-20(16-14-17)25(27)29-22-12-6-10-18-9-5-11-21(23(18)22)28-24(26)19-7-3-2-4-8-19/h2-16H,1H3. The minimum absolute atomic E-state index is 0.337. The van der Waals surface area contributed by atoms with Gasteiger partial charge in [0.15, 0.2) is 0 Å². The van der Waals surface area contributed by atoms with E-state index in [2.05, 4.69) is 0 Å². The molecule has 0 radical (unpaired) electrons. The van der Waals surface area contributed by atoms with Crippen molar-refractivity contribution in [3.8, 4) is 11.5 Å². The van der Waals surface area contributed by atoms with Crippen LogP contribution in [0.2, 0.25) is 0 Å². The Morgan fingerprint density at radius 1 is 0.586 bits per heavy atom. The molecular formula is C25H18O4. The highest BCUT2D eigenvalue weighted by atomic mass is 16.5. The zero-order chi connectivity index (χ0) is 20.2. The molecule has 4 aromatic carbocycles. The summed E-state index contributed by atoms with van der Waals surface area (Å²) in [6.07, 6.45) is 0. The van der Waals surface area contributed by atoms with E-state index in [0.29, 0.717) is 28.0 Å². The number of benzene rings is 4. The Bertz CT molecular complexity index is 1170. The van der Waals surface area contributed by atoms with Crippen LogP contribution in [0.25, 0.3) is 10.8 Å². The highest BCUT2D eigenvalue weighted by molar-refractivity contribution is 6.00. The highest BCUT2D eigenvalue weighted by Gasteiger charge is 2.16. The van der Waals surface area contributed by atoms with Crippen LogP contribution in [0, 0.1) is 6.92 Å². The Balaban J connectivity index is 1.69. The molecule has 0 aliphatic rings. The van der Waals surface area contributed by atoms with Crippen molar-refractivity contribution in [2.24, 2.45) is 0 Å². The molecule has 4 rings (SSSR count). The second-order valence-electron chi connectivity index (χ2n) is 6.62. The number of esters is 2. The summed E-state index contributed by atoms with van der Waals surface area (Å²) in [4.78, 5) is 25.1. The van der Waals surface area contributed by atoms with Crippen molar-refractivity contribution >= 4 is 22.7 Å². The summed E-state index contributed by atoms with van der Waals surface area (Å²) in [5.74, 6) is -0.271. The van der Waals surface area contributed by atoms with Crippen LogP contribution in [-0.2, 0) is 0 Å². The summed E-state index contributed by atoms with van der Waals surface area (Å²) in [5.41, 5.74) is 1.95. The molecule has 0 aromatic heterocycles. The molecular weight excluding hydrogens is 364 g/mol. The number of fused-ring (bicyclic) bond motifs is 1. The van der Waals surface area contributed by atoms with Crippen molar-refractivity contribution in [3.63, 3.8) is 0 Å². The molecule has 0 amide bonds. The molecule has 0 heterocycles. The third kappa shape index (κ3) is 4.01. The second-order valence-corrected chi connectivity index (χ2v) is 6.62. The zero-order valence-electron chi connectivity index (χ0n) is 15.8. The lowest BCUT2D eigenvalue weighted by Crippen LogP contribution is -2.10.